The van der Waals surface area contributed by atoms with Gasteiger partial charge in [0.25, 0.3) is 0 Å². The average molecular weight is 281 g/mol. The third kappa shape index (κ3) is 3.26. The smallest absolute Gasteiger partial charge is 0.0634 e. The SMILES string of the molecule is Clc1cnccc1CN1CCC(N2CCNCC2)C1. The van der Waals surface area contributed by atoms with Crippen LogP contribution in [0.4, 0.5) is 0 Å². The Hall–Kier alpha value is -0.680. The lowest BCUT2D eigenvalue weighted by atomic mass is 10.2. The van der Waals surface area contributed by atoms with Crippen molar-refractivity contribution in [3.05, 3.63) is 29.0 Å². The van der Waals surface area contributed by atoms with E-state index in [0.717, 1.165) is 30.7 Å². The maximum absolute atomic E-state index is 6.18. The summed E-state index contributed by atoms with van der Waals surface area (Å²) in [5.41, 5.74) is 1.19. The predicted octanol–water partition coefficient (Wildman–Crippen LogP) is 1.21. The number of aromatic nitrogens is 1. The van der Waals surface area contributed by atoms with E-state index in [1.54, 1.807) is 6.20 Å². The molecular formula is C14H21ClN4. The van der Waals surface area contributed by atoms with Crippen LogP contribution in [0.2, 0.25) is 5.02 Å². The maximum atomic E-state index is 6.18. The number of nitrogens with zero attached hydrogens (tertiary/aromatic N) is 3. The third-order valence-corrected chi connectivity index (χ3v) is 4.51. The van der Waals surface area contributed by atoms with E-state index in [2.05, 4.69) is 20.1 Å². The Bertz CT molecular complexity index is 420. The molecule has 3 heterocycles. The molecule has 0 spiro atoms. The molecule has 0 amide bonds. The van der Waals surface area contributed by atoms with Gasteiger partial charge in [-0.3, -0.25) is 14.8 Å². The lowest BCUT2D eigenvalue weighted by Gasteiger charge is -2.32. The second-order valence-corrected chi connectivity index (χ2v) is 5.84. The average Bonchev–Trinajstić information content (AvgIpc) is 2.91. The number of nitrogens with one attached hydrogen (secondary N) is 1. The van der Waals surface area contributed by atoms with Gasteiger partial charge in [0.1, 0.15) is 0 Å². The second-order valence-electron chi connectivity index (χ2n) is 5.43. The first-order valence-corrected chi connectivity index (χ1v) is 7.46. The highest BCUT2D eigenvalue weighted by Gasteiger charge is 2.28. The molecule has 0 bridgehead atoms. The van der Waals surface area contributed by atoms with E-state index >= 15 is 0 Å². The summed E-state index contributed by atoms with van der Waals surface area (Å²) in [5.74, 6) is 0. The number of piperazine rings is 1. The summed E-state index contributed by atoms with van der Waals surface area (Å²) in [6.07, 6.45) is 4.84. The molecule has 1 aromatic rings. The Morgan fingerprint density at radius 1 is 1.32 bits per heavy atom. The topological polar surface area (TPSA) is 31.4 Å². The summed E-state index contributed by atoms with van der Waals surface area (Å²) in [6.45, 7) is 7.93. The molecule has 104 valence electrons. The summed E-state index contributed by atoms with van der Waals surface area (Å²) in [4.78, 5) is 9.18. The quantitative estimate of drug-likeness (QED) is 0.902. The molecule has 2 fully saturated rings. The molecule has 1 unspecified atom stereocenters. The van der Waals surface area contributed by atoms with Crippen molar-refractivity contribution in [2.75, 3.05) is 39.3 Å². The van der Waals surface area contributed by atoms with Crippen LogP contribution in [-0.4, -0.2) is 60.1 Å². The zero-order valence-electron chi connectivity index (χ0n) is 11.2. The van der Waals surface area contributed by atoms with E-state index in [-0.39, 0.29) is 0 Å². The van der Waals surface area contributed by atoms with Gasteiger partial charge in [0.15, 0.2) is 0 Å². The van der Waals surface area contributed by atoms with Crippen LogP contribution >= 0.6 is 11.6 Å². The van der Waals surface area contributed by atoms with Crippen LogP contribution < -0.4 is 5.32 Å². The Labute approximate surface area is 119 Å². The summed E-state index contributed by atoms with van der Waals surface area (Å²) >= 11 is 6.18. The Morgan fingerprint density at radius 2 is 2.16 bits per heavy atom. The first kappa shape index (κ1) is 13.3. The monoisotopic (exact) mass is 280 g/mol. The summed E-state index contributed by atoms with van der Waals surface area (Å²) in [7, 11) is 0. The Balaban J connectivity index is 1.55. The van der Waals surface area contributed by atoms with Gasteiger partial charge in [-0.15, -0.1) is 0 Å². The number of hydrogen-bond acceptors (Lipinski definition) is 4. The van der Waals surface area contributed by atoms with Crippen LogP contribution in [0, 0.1) is 0 Å². The molecule has 2 aliphatic heterocycles. The first-order valence-electron chi connectivity index (χ1n) is 7.08. The normalized spacial score (nSPS) is 25.8. The Kier molecular flexibility index (Phi) is 4.33. The van der Waals surface area contributed by atoms with Crippen LogP contribution in [0.3, 0.4) is 0 Å². The van der Waals surface area contributed by atoms with Crippen molar-refractivity contribution >= 4 is 11.6 Å². The minimum absolute atomic E-state index is 0.725. The molecule has 4 nitrogen and oxygen atoms in total. The minimum Gasteiger partial charge on any atom is -0.314 e. The van der Waals surface area contributed by atoms with E-state index in [1.807, 2.05) is 12.3 Å². The second kappa shape index (κ2) is 6.18. The Morgan fingerprint density at radius 3 is 2.95 bits per heavy atom. The van der Waals surface area contributed by atoms with Crippen molar-refractivity contribution in [1.82, 2.24) is 20.1 Å². The van der Waals surface area contributed by atoms with Gasteiger partial charge in [0.05, 0.1) is 5.02 Å². The van der Waals surface area contributed by atoms with E-state index < -0.39 is 0 Å². The lowest BCUT2D eigenvalue weighted by molar-refractivity contribution is 0.170. The number of hydrogen-bond donors (Lipinski definition) is 1. The van der Waals surface area contributed by atoms with Crippen molar-refractivity contribution in [2.45, 2.75) is 19.0 Å². The van der Waals surface area contributed by atoms with Gasteiger partial charge in [-0.05, 0) is 18.1 Å². The van der Waals surface area contributed by atoms with Gasteiger partial charge in [-0.25, -0.2) is 0 Å². The summed E-state index contributed by atoms with van der Waals surface area (Å²) < 4.78 is 0. The van der Waals surface area contributed by atoms with Gasteiger partial charge in [-0.2, -0.15) is 0 Å². The molecule has 0 saturated carbocycles. The highest BCUT2D eigenvalue weighted by molar-refractivity contribution is 6.31. The molecule has 1 N–H and O–H groups in total. The molecule has 3 rings (SSSR count). The summed E-state index contributed by atoms with van der Waals surface area (Å²) in [5, 5.41) is 4.20. The first-order chi connectivity index (χ1) is 9.33. The number of halogens is 1. The van der Waals surface area contributed by atoms with Crippen molar-refractivity contribution in [3.63, 3.8) is 0 Å². The van der Waals surface area contributed by atoms with Gasteiger partial charge >= 0.3 is 0 Å². The highest BCUT2D eigenvalue weighted by atomic mass is 35.5. The van der Waals surface area contributed by atoms with Crippen molar-refractivity contribution < 1.29 is 0 Å². The fraction of sp³-hybridized carbons (Fsp3) is 0.643. The molecule has 1 atom stereocenters. The third-order valence-electron chi connectivity index (χ3n) is 4.17. The van der Waals surface area contributed by atoms with Crippen LogP contribution in [0.25, 0.3) is 0 Å². The van der Waals surface area contributed by atoms with Crippen molar-refractivity contribution in [3.8, 4) is 0 Å². The zero-order chi connectivity index (χ0) is 13.1. The van der Waals surface area contributed by atoms with E-state index in [4.69, 9.17) is 11.6 Å². The standard InChI is InChI=1S/C14H21ClN4/c15-14-9-17-3-1-12(14)10-18-6-2-13(11-18)19-7-4-16-5-8-19/h1,3,9,13,16H,2,4-8,10-11H2. The van der Waals surface area contributed by atoms with E-state index in [0.29, 0.717) is 0 Å². The molecular weight excluding hydrogens is 260 g/mol. The molecule has 19 heavy (non-hydrogen) atoms. The highest BCUT2D eigenvalue weighted by Crippen LogP contribution is 2.21. The predicted molar refractivity (Wildman–Crippen MR) is 77.4 cm³/mol. The van der Waals surface area contributed by atoms with E-state index in [1.165, 1.54) is 38.2 Å². The number of likely N-dealkylation sites (tertiary alicyclic amines) is 1. The number of pyridine rings is 1. The fourth-order valence-electron chi connectivity index (χ4n) is 3.07. The van der Waals surface area contributed by atoms with Crippen LogP contribution in [0.5, 0.6) is 0 Å². The van der Waals surface area contributed by atoms with Crippen molar-refractivity contribution in [1.29, 1.82) is 0 Å². The molecule has 1 aromatic heterocycles. The van der Waals surface area contributed by atoms with E-state index in [9.17, 15) is 0 Å². The van der Waals surface area contributed by atoms with Gasteiger partial charge in [0, 0.05) is 64.2 Å². The maximum Gasteiger partial charge on any atom is 0.0634 e. The fourth-order valence-corrected chi connectivity index (χ4v) is 3.25. The largest absolute Gasteiger partial charge is 0.314 e. The van der Waals surface area contributed by atoms with Gasteiger partial charge in [0.2, 0.25) is 0 Å². The minimum atomic E-state index is 0.725. The molecule has 2 aliphatic rings. The molecule has 0 aromatic carbocycles. The molecule has 0 radical (unpaired) electrons. The van der Waals surface area contributed by atoms with Crippen LogP contribution in [-0.2, 0) is 6.54 Å². The number of rotatable bonds is 3. The molecule has 2 saturated heterocycles. The van der Waals surface area contributed by atoms with Gasteiger partial charge in [-0.1, -0.05) is 11.6 Å². The lowest BCUT2D eigenvalue weighted by Crippen LogP contribution is -2.49. The summed E-state index contributed by atoms with van der Waals surface area (Å²) in [6, 6.07) is 2.75. The van der Waals surface area contributed by atoms with Crippen LogP contribution in [0.15, 0.2) is 18.5 Å². The molecule has 0 aliphatic carbocycles. The zero-order valence-corrected chi connectivity index (χ0v) is 11.9. The van der Waals surface area contributed by atoms with Crippen molar-refractivity contribution in [2.24, 2.45) is 0 Å². The van der Waals surface area contributed by atoms with Crippen LogP contribution in [0.1, 0.15) is 12.0 Å². The van der Waals surface area contributed by atoms with Gasteiger partial charge < -0.3 is 5.32 Å². The molecule has 5 heteroatoms.